The Morgan fingerprint density at radius 1 is 1.21 bits per heavy atom. The number of rotatable bonds is 8. The molecule has 0 aliphatic carbocycles. The van der Waals surface area contributed by atoms with Crippen molar-refractivity contribution in [2.24, 2.45) is 0 Å². The lowest BCUT2D eigenvalue weighted by molar-refractivity contribution is 0.0600. The average Bonchev–Trinajstić information content (AvgIpc) is 2.61. The van der Waals surface area contributed by atoms with Crippen molar-refractivity contribution in [2.45, 2.75) is 6.42 Å². The van der Waals surface area contributed by atoms with Crippen LogP contribution in [0.5, 0.6) is 11.6 Å². The number of nitrogens with two attached hydrogens (primary N) is 1. The first-order valence-corrected chi connectivity index (χ1v) is 7.35. The van der Waals surface area contributed by atoms with Crippen LogP contribution < -0.4 is 15.8 Å². The van der Waals surface area contributed by atoms with Gasteiger partial charge in [0.1, 0.15) is 17.8 Å². The number of nitrogens with zero attached hydrogens (tertiary/aromatic N) is 2. The zero-order chi connectivity index (χ0) is 17.4. The molecule has 0 unspecified atom stereocenters. The highest BCUT2D eigenvalue weighted by atomic mass is 16.5. The van der Waals surface area contributed by atoms with Crippen LogP contribution >= 0.6 is 0 Å². The molecule has 0 spiro atoms. The summed E-state index contributed by atoms with van der Waals surface area (Å²) in [7, 11) is 2.98. The van der Waals surface area contributed by atoms with Gasteiger partial charge < -0.3 is 25.3 Å². The van der Waals surface area contributed by atoms with Gasteiger partial charge in [-0.2, -0.15) is 4.98 Å². The van der Waals surface area contributed by atoms with E-state index in [0.29, 0.717) is 36.0 Å². The molecule has 1 aromatic carbocycles. The first-order valence-electron chi connectivity index (χ1n) is 7.35. The first kappa shape index (κ1) is 17.5. The molecule has 0 fully saturated rings. The Labute approximate surface area is 140 Å². The van der Waals surface area contributed by atoms with Crippen molar-refractivity contribution in [1.29, 1.82) is 0 Å². The molecule has 1 aromatic heterocycles. The molecule has 3 N–H and O–H groups in total. The molecule has 0 atom stereocenters. The summed E-state index contributed by atoms with van der Waals surface area (Å²) in [5.74, 6) is 0.830. The largest absolute Gasteiger partial charge is 0.465 e. The Hall–Kier alpha value is -2.87. The molecule has 0 aliphatic heterocycles. The van der Waals surface area contributed by atoms with Gasteiger partial charge in [0.05, 0.1) is 12.7 Å². The van der Waals surface area contributed by atoms with Gasteiger partial charge in [-0.25, -0.2) is 9.78 Å². The number of carbonyl (C=O) groups excluding carboxylic acids is 1. The number of anilines is 2. The van der Waals surface area contributed by atoms with Crippen LogP contribution in [0.15, 0.2) is 30.6 Å². The fourth-order valence-corrected chi connectivity index (χ4v) is 1.91. The van der Waals surface area contributed by atoms with E-state index >= 15 is 0 Å². The third-order valence-corrected chi connectivity index (χ3v) is 3.15. The summed E-state index contributed by atoms with van der Waals surface area (Å²) in [6.45, 7) is 1.32. The molecule has 0 bridgehead atoms. The second kappa shape index (κ2) is 8.68. The van der Waals surface area contributed by atoms with Gasteiger partial charge in [-0.3, -0.25) is 0 Å². The molecule has 0 aliphatic rings. The van der Waals surface area contributed by atoms with Gasteiger partial charge in [0, 0.05) is 20.3 Å². The van der Waals surface area contributed by atoms with E-state index in [9.17, 15) is 4.79 Å². The van der Waals surface area contributed by atoms with Crippen LogP contribution in [0.1, 0.15) is 16.8 Å². The van der Waals surface area contributed by atoms with Gasteiger partial charge in [0.2, 0.25) is 5.88 Å². The highest BCUT2D eigenvalue weighted by molar-refractivity contribution is 5.89. The molecule has 0 radical (unpaired) electrons. The molecule has 0 saturated carbocycles. The summed E-state index contributed by atoms with van der Waals surface area (Å²) in [5, 5.41) is 3.11. The molecule has 0 saturated heterocycles. The van der Waals surface area contributed by atoms with Crippen molar-refractivity contribution < 1.29 is 19.0 Å². The fourth-order valence-electron chi connectivity index (χ4n) is 1.91. The predicted octanol–water partition coefficient (Wildman–Crippen LogP) is 2.09. The van der Waals surface area contributed by atoms with Gasteiger partial charge >= 0.3 is 5.97 Å². The Balaban J connectivity index is 2.05. The summed E-state index contributed by atoms with van der Waals surface area (Å²) in [5.41, 5.74) is 6.77. The van der Waals surface area contributed by atoms with Crippen LogP contribution in [0.25, 0.3) is 0 Å². The van der Waals surface area contributed by atoms with E-state index in [0.717, 1.165) is 6.42 Å². The van der Waals surface area contributed by atoms with E-state index in [1.165, 1.54) is 13.4 Å². The molecular weight excluding hydrogens is 312 g/mol. The van der Waals surface area contributed by atoms with Gasteiger partial charge in [0.25, 0.3) is 0 Å². The minimum Gasteiger partial charge on any atom is -0.465 e. The topological polar surface area (TPSA) is 109 Å². The van der Waals surface area contributed by atoms with E-state index in [4.69, 9.17) is 15.2 Å². The average molecular weight is 332 g/mol. The van der Waals surface area contributed by atoms with Gasteiger partial charge in [0.15, 0.2) is 5.82 Å². The number of ether oxygens (including phenoxy) is 3. The molecule has 8 nitrogen and oxygen atoms in total. The van der Waals surface area contributed by atoms with Crippen LogP contribution in [0, 0.1) is 0 Å². The van der Waals surface area contributed by atoms with Crippen molar-refractivity contribution in [2.75, 3.05) is 38.4 Å². The van der Waals surface area contributed by atoms with Crippen LogP contribution in [0.4, 0.5) is 11.5 Å². The molecule has 2 aromatic rings. The van der Waals surface area contributed by atoms with E-state index < -0.39 is 5.97 Å². The zero-order valence-corrected chi connectivity index (χ0v) is 13.6. The standard InChI is InChI=1S/C16H20N4O4/c1-22-9-3-8-18-14-13(17)15(20-10-19-14)24-12-6-4-11(5-7-12)16(21)23-2/h4-7,10H,3,8-9,17H2,1-2H3,(H,18,19,20). The number of esters is 1. The van der Waals surface area contributed by atoms with Crippen LogP contribution in [-0.4, -0.2) is 43.3 Å². The maximum atomic E-state index is 11.4. The summed E-state index contributed by atoms with van der Waals surface area (Å²) >= 11 is 0. The molecule has 0 amide bonds. The number of nitrogens with one attached hydrogen (secondary N) is 1. The quantitative estimate of drug-likeness (QED) is 0.559. The van der Waals surface area contributed by atoms with Gasteiger partial charge in [-0.05, 0) is 30.7 Å². The van der Waals surface area contributed by atoms with Crippen molar-refractivity contribution in [3.63, 3.8) is 0 Å². The number of benzene rings is 1. The van der Waals surface area contributed by atoms with E-state index in [1.807, 2.05) is 0 Å². The lowest BCUT2D eigenvalue weighted by Crippen LogP contribution is -2.09. The Morgan fingerprint density at radius 3 is 2.62 bits per heavy atom. The van der Waals surface area contributed by atoms with Gasteiger partial charge in [-0.1, -0.05) is 0 Å². The highest BCUT2D eigenvalue weighted by Crippen LogP contribution is 2.29. The van der Waals surface area contributed by atoms with E-state index in [-0.39, 0.29) is 5.88 Å². The Morgan fingerprint density at radius 2 is 1.96 bits per heavy atom. The van der Waals surface area contributed by atoms with Crippen molar-refractivity contribution in [3.8, 4) is 11.6 Å². The summed E-state index contributed by atoms with van der Waals surface area (Å²) in [6.07, 6.45) is 2.19. The van der Waals surface area contributed by atoms with Crippen LogP contribution in [-0.2, 0) is 9.47 Å². The fraction of sp³-hybridized carbons (Fsp3) is 0.312. The third kappa shape index (κ3) is 4.56. The second-order valence-electron chi connectivity index (χ2n) is 4.83. The second-order valence-corrected chi connectivity index (χ2v) is 4.83. The Bertz CT molecular complexity index is 676. The SMILES string of the molecule is COCCCNc1ncnc(Oc2ccc(C(=O)OC)cc2)c1N. The minimum atomic E-state index is -0.411. The molecule has 8 heteroatoms. The van der Waals surface area contributed by atoms with E-state index in [2.05, 4.69) is 20.0 Å². The normalized spacial score (nSPS) is 10.2. The van der Waals surface area contributed by atoms with Crippen LogP contribution in [0.3, 0.4) is 0 Å². The zero-order valence-electron chi connectivity index (χ0n) is 13.6. The van der Waals surface area contributed by atoms with Gasteiger partial charge in [-0.15, -0.1) is 0 Å². The molecule has 128 valence electrons. The summed E-state index contributed by atoms with van der Waals surface area (Å²) < 4.78 is 15.3. The number of methoxy groups -OCH3 is 2. The third-order valence-electron chi connectivity index (χ3n) is 3.15. The smallest absolute Gasteiger partial charge is 0.337 e. The highest BCUT2D eigenvalue weighted by Gasteiger charge is 2.11. The first-order chi connectivity index (χ1) is 11.7. The predicted molar refractivity (Wildman–Crippen MR) is 89.3 cm³/mol. The van der Waals surface area contributed by atoms with E-state index in [1.54, 1.807) is 31.4 Å². The van der Waals surface area contributed by atoms with Crippen molar-refractivity contribution in [3.05, 3.63) is 36.2 Å². The lowest BCUT2D eigenvalue weighted by Gasteiger charge is -2.11. The monoisotopic (exact) mass is 332 g/mol. The number of nitrogen functional groups attached to an aromatic ring is 1. The molecule has 24 heavy (non-hydrogen) atoms. The molecule has 2 rings (SSSR count). The molecular formula is C16H20N4O4. The van der Waals surface area contributed by atoms with Crippen molar-refractivity contribution in [1.82, 2.24) is 9.97 Å². The van der Waals surface area contributed by atoms with Crippen LogP contribution in [0.2, 0.25) is 0 Å². The maximum Gasteiger partial charge on any atom is 0.337 e. The minimum absolute atomic E-state index is 0.241. The number of hydrogen-bond donors (Lipinski definition) is 2. The summed E-state index contributed by atoms with van der Waals surface area (Å²) in [4.78, 5) is 19.5. The van der Waals surface area contributed by atoms with Crippen molar-refractivity contribution >= 4 is 17.5 Å². The molecule has 1 heterocycles. The summed E-state index contributed by atoms with van der Waals surface area (Å²) in [6, 6.07) is 6.48. The number of aromatic nitrogens is 2. The Kier molecular flexibility index (Phi) is 6.32. The maximum absolute atomic E-state index is 11.4. The lowest BCUT2D eigenvalue weighted by atomic mass is 10.2. The number of hydrogen-bond acceptors (Lipinski definition) is 8. The number of carbonyl (C=O) groups is 1.